The molecule has 134 valence electrons. The van der Waals surface area contributed by atoms with Gasteiger partial charge in [0.15, 0.2) is 4.34 Å². The molecule has 0 radical (unpaired) electrons. The lowest BCUT2D eigenvalue weighted by Gasteiger charge is -2.09. The van der Waals surface area contributed by atoms with Crippen LogP contribution in [0.15, 0.2) is 58.9 Å². The van der Waals surface area contributed by atoms with Crippen LogP contribution >= 0.6 is 23.1 Å². The number of benzene rings is 2. The highest BCUT2D eigenvalue weighted by Crippen LogP contribution is 2.30. The number of aryl methyl sites for hydroxylation is 1. The number of nitrogens with zero attached hydrogens (tertiary/aromatic N) is 2. The molecule has 3 aromatic rings. The summed E-state index contributed by atoms with van der Waals surface area (Å²) in [5.41, 5.74) is 3.06. The molecule has 26 heavy (non-hydrogen) atoms. The fourth-order valence-corrected chi connectivity index (χ4v) is 4.14. The Morgan fingerprint density at radius 1 is 1.08 bits per heavy atom. The molecule has 0 aliphatic heterocycles. The number of hydrogen-bond acceptors (Lipinski definition) is 6. The van der Waals surface area contributed by atoms with Gasteiger partial charge in [-0.3, -0.25) is 4.79 Å². The number of rotatable bonds is 7. The van der Waals surface area contributed by atoms with Gasteiger partial charge < -0.3 is 10.6 Å². The lowest BCUT2D eigenvalue weighted by Crippen LogP contribution is -2.22. The van der Waals surface area contributed by atoms with Crippen LogP contribution in [0.1, 0.15) is 19.4 Å². The number of thioether (sulfide) groups is 1. The minimum absolute atomic E-state index is 0.0546. The first-order valence-corrected chi connectivity index (χ1v) is 10.1. The van der Waals surface area contributed by atoms with E-state index in [1.807, 2.05) is 49.4 Å². The van der Waals surface area contributed by atoms with Crippen molar-refractivity contribution >= 4 is 45.5 Å². The second kappa shape index (κ2) is 8.82. The maximum absolute atomic E-state index is 12.3. The molecule has 1 aromatic heterocycles. The van der Waals surface area contributed by atoms with Crippen molar-refractivity contribution in [2.45, 2.75) is 29.9 Å². The van der Waals surface area contributed by atoms with Gasteiger partial charge in [0.1, 0.15) is 0 Å². The predicted molar refractivity (Wildman–Crippen MR) is 109 cm³/mol. The molecule has 1 heterocycles. The molecule has 0 unspecified atom stereocenters. The van der Waals surface area contributed by atoms with E-state index in [0.717, 1.165) is 22.1 Å². The van der Waals surface area contributed by atoms with Gasteiger partial charge in [-0.05, 0) is 43.2 Å². The van der Waals surface area contributed by atoms with Crippen LogP contribution in [0, 0.1) is 0 Å². The van der Waals surface area contributed by atoms with Crippen LogP contribution in [0.4, 0.5) is 16.5 Å². The van der Waals surface area contributed by atoms with Gasteiger partial charge in [-0.15, -0.1) is 10.2 Å². The van der Waals surface area contributed by atoms with E-state index in [4.69, 9.17) is 0 Å². The van der Waals surface area contributed by atoms with Crippen LogP contribution < -0.4 is 10.6 Å². The topological polar surface area (TPSA) is 66.9 Å². The largest absolute Gasteiger partial charge is 0.330 e. The zero-order chi connectivity index (χ0) is 18.4. The van der Waals surface area contributed by atoms with Gasteiger partial charge in [-0.1, -0.05) is 60.4 Å². The van der Waals surface area contributed by atoms with E-state index < -0.39 is 0 Å². The van der Waals surface area contributed by atoms with Crippen LogP contribution in [0.25, 0.3) is 0 Å². The molecule has 2 aromatic carbocycles. The molecule has 1 atom stereocenters. The van der Waals surface area contributed by atoms with Crippen molar-refractivity contribution in [1.29, 1.82) is 0 Å². The number of nitrogens with one attached hydrogen (secondary N) is 2. The van der Waals surface area contributed by atoms with Crippen LogP contribution in [-0.4, -0.2) is 21.4 Å². The molecule has 3 rings (SSSR count). The van der Waals surface area contributed by atoms with Gasteiger partial charge in [-0.25, -0.2) is 0 Å². The zero-order valence-electron chi connectivity index (χ0n) is 14.6. The number of carbonyl (C=O) groups excluding carboxylic acids is 1. The Bertz CT molecular complexity index is 849. The van der Waals surface area contributed by atoms with Gasteiger partial charge in [0.25, 0.3) is 0 Å². The van der Waals surface area contributed by atoms with Crippen LogP contribution in [0.2, 0.25) is 0 Å². The average molecular weight is 385 g/mol. The fourth-order valence-electron chi connectivity index (χ4n) is 2.23. The molecule has 0 bridgehead atoms. The number of carbonyl (C=O) groups is 1. The van der Waals surface area contributed by atoms with E-state index in [9.17, 15) is 4.79 Å². The zero-order valence-corrected chi connectivity index (χ0v) is 16.2. The summed E-state index contributed by atoms with van der Waals surface area (Å²) in [7, 11) is 0. The van der Waals surface area contributed by atoms with Crippen molar-refractivity contribution in [2.24, 2.45) is 0 Å². The van der Waals surface area contributed by atoms with Crippen molar-refractivity contribution < 1.29 is 4.79 Å². The first-order chi connectivity index (χ1) is 12.6. The smallest absolute Gasteiger partial charge is 0.237 e. The summed E-state index contributed by atoms with van der Waals surface area (Å²) in [6, 6.07) is 17.7. The molecule has 2 N–H and O–H groups in total. The molecule has 0 spiro atoms. The Balaban J connectivity index is 1.56. The second-order valence-electron chi connectivity index (χ2n) is 5.66. The Kier molecular flexibility index (Phi) is 6.25. The molecule has 0 aliphatic carbocycles. The molecular weight excluding hydrogens is 364 g/mol. The fraction of sp³-hybridized carbons (Fsp3) is 0.211. The normalized spacial score (nSPS) is 11.8. The Labute approximate surface area is 161 Å². The summed E-state index contributed by atoms with van der Waals surface area (Å²) in [5, 5.41) is 14.9. The molecule has 5 nitrogen and oxygen atoms in total. The maximum Gasteiger partial charge on any atom is 0.237 e. The highest BCUT2D eigenvalue weighted by atomic mass is 32.2. The standard InChI is InChI=1S/C19H20N4OS2/c1-3-14-9-11-16(12-10-14)21-18-22-23-19(26-18)25-13(2)17(24)20-15-7-5-4-6-8-15/h4-13H,3H2,1-2H3,(H,20,24)(H,21,22)/t13-/m1/s1. The summed E-state index contributed by atoms with van der Waals surface area (Å²) < 4.78 is 0.758. The number of aromatic nitrogens is 2. The number of hydrogen-bond donors (Lipinski definition) is 2. The quantitative estimate of drug-likeness (QED) is 0.563. The lowest BCUT2D eigenvalue weighted by atomic mass is 10.1. The van der Waals surface area contributed by atoms with Crippen molar-refractivity contribution in [2.75, 3.05) is 10.6 Å². The Hall–Kier alpha value is -2.38. The number of anilines is 3. The van der Waals surface area contributed by atoms with E-state index in [1.165, 1.54) is 28.7 Å². The third-order valence-corrected chi connectivity index (χ3v) is 5.73. The summed E-state index contributed by atoms with van der Waals surface area (Å²) in [5.74, 6) is -0.0546. The van der Waals surface area contributed by atoms with E-state index in [0.29, 0.717) is 5.13 Å². The molecule has 7 heteroatoms. The summed E-state index contributed by atoms with van der Waals surface area (Å²) in [6.07, 6.45) is 1.02. The predicted octanol–water partition coefficient (Wildman–Crippen LogP) is 4.96. The first kappa shape index (κ1) is 18.4. The molecule has 0 saturated heterocycles. The van der Waals surface area contributed by atoms with Crippen molar-refractivity contribution in [3.05, 3.63) is 60.2 Å². The number of para-hydroxylation sites is 1. The third-order valence-electron chi connectivity index (χ3n) is 3.71. The molecule has 1 amide bonds. The summed E-state index contributed by atoms with van der Waals surface area (Å²) >= 11 is 2.84. The van der Waals surface area contributed by atoms with Gasteiger partial charge in [0.2, 0.25) is 11.0 Å². The van der Waals surface area contributed by atoms with Gasteiger partial charge in [-0.2, -0.15) is 0 Å². The van der Waals surface area contributed by atoms with Gasteiger partial charge >= 0.3 is 0 Å². The maximum atomic E-state index is 12.3. The Morgan fingerprint density at radius 2 is 1.81 bits per heavy atom. The summed E-state index contributed by atoms with van der Waals surface area (Å²) in [4.78, 5) is 12.3. The van der Waals surface area contributed by atoms with Crippen molar-refractivity contribution in [3.63, 3.8) is 0 Å². The number of amides is 1. The highest BCUT2D eigenvalue weighted by molar-refractivity contribution is 8.02. The van der Waals surface area contributed by atoms with E-state index in [1.54, 1.807) is 0 Å². The molecular formula is C19H20N4OS2. The van der Waals surface area contributed by atoms with Crippen LogP contribution in [0.5, 0.6) is 0 Å². The van der Waals surface area contributed by atoms with Gasteiger partial charge in [0, 0.05) is 11.4 Å². The molecule has 0 saturated carbocycles. The Morgan fingerprint density at radius 3 is 2.50 bits per heavy atom. The third kappa shape index (κ3) is 5.06. The first-order valence-electron chi connectivity index (χ1n) is 8.36. The lowest BCUT2D eigenvalue weighted by molar-refractivity contribution is -0.115. The van der Waals surface area contributed by atoms with E-state index in [-0.39, 0.29) is 11.2 Å². The average Bonchev–Trinajstić information content (AvgIpc) is 3.10. The van der Waals surface area contributed by atoms with Crippen molar-refractivity contribution in [1.82, 2.24) is 10.2 Å². The van der Waals surface area contributed by atoms with Crippen LogP contribution in [-0.2, 0) is 11.2 Å². The highest BCUT2D eigenvalue weighted by Gasteiger charge is 2.17. The monoisotopic (exact) mass is 384 g/mol. The molecule has 0 fully saturated rings. The van der Waals surface area contributed by atoms with E-state index in [2.05, 4.69) is 39.9 Å². The summed E-state index contributed by atoms with van der Waals surface area (Å²) in [6.45, 7) is 3.99. The minimum Gasteiger partial charge on any atom is -0.330 e. The van der Waals surface area contributed by atoms with Crippen molar-refractivity contribution in [3.8, 4) is 0 Å². The molecule has 0 aliphatic rings. The minimum atomic E-state index is -0.264. The second-order valence-corrected chi connectivity index (χ2v) is 8.23. The van der Waals surface area contributed by atoms with Crippen LogP contribution in [0.3, 0.4) is 0 Å². The SMILES string of the molecule is CCc1ccc(Nc2nnc(S[C@H](C)C(=O)Nc3ccccc3)s2)cc1. The van der Waals surface area contributed by atoms with E-state index >= 15 is 0 Å². The van der Waals surface area contributed by atoms with Gasteiger partial charge in [0.05, 0.1) is 5.25 Å².